The molecule has 0 aliphatic carbocycles. The maximum atomic E-state index is 5.75. The molecule has 1 aromatic rings. The Bertz CT molecular complexity index is 377. The zero-order valence-corrected chi connectivity index (χ0v) is 12.6. The highest BCUT2D eigenvalue weighted by atomic mass is 32.2. The summed E-state index contributed by atoms with van der Waals surface area (Å²) in [5.74, 6) is 2.06. The minimum Gasteiger partial charge on any atom is -0.389 e. The summed E-state index contributed by atoms with van der Waals surface area (Å²) in [5, 5.41) is 1.12. The summed E-state index contributed by atoms with van der Waals surface area (Å²) in [7, 11) is 0. The van der Waals surface area contributed by atoms with E-state index in [0.29, 0.717) is 4.99 Å². The van der Waals surface area contributed by atoms with E-state index in [-0.39, 0.29) is 5.41 Å². The lowest BCUT2D eigenvalue weighted by Crippen LogP contribution is -2.19. The van der Waals surface area contributed by atoms with Crippen LogP contribution in [-0.4, -0.2) is 15.7 Å². The second kappa shape index (κ2) is 5.47. The van der Waals surface area contributed by atoms with Gasteiger partial charge in [-0.15, -0.1) is 11.3 Å². The van der Waals surface area contributed by atoms with Crippen LogP contribution in [0.15, 0.2) is 0 Å². The summed E-state index contributed by atoms with van der Waals surface area (Å²) in [5.41, 5.74) is 6.79. The smallest absolute Gasteiger partial charge is 0.116 e. The summed E-state index contributed by atoms with van der Waals surface area (Å²) in [4.78, 5) is 6.12. The van der Waals surface area contributed by atoms with Gasteiger partial charge in [-0.25, -0.2) is 4.98 Å². The van der Waals surface area contributed by atoms with Crippen molar-refractivity contribution in [3.8, 4) is 0 Å². The van der Waals surface area contributed by atoms with Crippen LogP contribution in [0.2, 0.25) is 0 Å². The van der Waals surface area contributed by atoms with Gasteiger partial charge in [0.25, 0.3) is 0 Å². The molecule has 1 rings (SSSR count). The van der Waals surface area contributed by atoms with Crippen molar-refractivity contribution in [3.05, 3.63) is 15.6 Å². The molecular weight excluding hydrogens is 256 g/mol. The minimum atomic E-state index is 0.00436. The first-order valence-electron chi connectivity index (χ1n) is 5.24. The molecule has 0 unspecified atom stereocenters. The Labute approximate surface area is 111 Å². The van der Waals surface area contributed by atoms with Crippen molar-refractivity contribution in [1.29, 1.82) is 0 Å². The molecule has 2 N–H and O–H groups in total. The number of rotatable bonds is 4. The minimum absolute atomic E-state index is 0.00436. The lowest BCUT2D eigenvalue weighted by Gasteiger charge is -2.16. The van der Waals surface area contributed by atoms with Gasteiger partial charge in [0, 0.05) is 11.2 Å². The first-order valence-corrected chi connectivity index (χ1v) is 7.62. The van der Waals surface area contributed by atoms with Crippen molar-refractivity contribution in [2.24, 2.45) is 5.73 Å². The van der Waals surface area contributed by atoms with Gasteiger partial charge in [-0.05, 0) is 5.75 Å². The van der Waals surface area contributed by atoms with Crippen molar-refractivity contribution in [2.75, 3.05) is 5.75 Å². The van der Waals surface area contributed by atoms with Crippen molar-refractivity contribution in [2.45, 2.75) is 38.9 Å². The molecular formula is C11H18N2S3. The van der Waals surface area contributed by atoms with Gasteiger partial charge in [-0.2, -0.15) is 11.8 Å². The highest BCUT2D eigenvalue weighted by molar-refractivity contribution is 7.98. The van der Waals surface area contributed by atoms with E-state index in [9.17, 15) is 0 Å². The van der Waals surface area contributed by atoms with Crippen LogP contribution in [-0.2, 0) is 11.2 Å². The molecule has 5 heteroatoms. The quantitative estimate of drug-likeness (QED) is 0.855. The van der Waals surface area contributed by atoms with Crippen molar-refractivity contribution < 1.29 is 0 Å². The van der Waals surface area contributed by atoms with Gasteiger partial charge >= 0.3 is 0 Å². The topological polar surface area (TPSA) is 38.9 Å². The fourth-order valence-corrected chi connectivity index (χ4v) is 3.36. The number of hydrogen-bond donors (Lipinski definition) is 1. The second-order valence-electron chi connectivity index (χ2n) is 4.54. The number of nitrogens with zero attached hydrogens (tertiary/aromatic N) is 1. The van der Waals surface area contributed by atoms with E-state index >= 15 is 0 Å². The first-order chi connectivity index (χ1) is 7.36. The van der Waals surface area contributed by atoms with E-state index in [2.05, 4.69) is 32.7 Å². The summed E-state index contributed by atoms with van der Waals surface area (Å²) in [6, 6.07) is 0. The van der Waals surface area contributed by atoms with Gasteiger partial charge in [0.05, 0.1) is 10.6 Å². The molecule has 0 bridgehead atoms. The zero-order chi connectivity index (χ0) is 12.3. The van der Waals surface area contributed by atoms with E-state index in [1.807, 2.05) is 11.8 Å². The number of hydrogen-bond acceptors (Lipinski definition) is 4. The van der Waals surface area contributed by atoms with Gasteiger partial charge in [0.1, 0.15) is 10.00 Å². The van der Waals surface area contributed by atoms with Gasteiger partial charge in [0.15, 0.2) is 0 Å². The van der Waals surface area contributed by atoms with Gasteiger partial charge in [0.2, 0.25) is 0 Å². The first kappa shape index (κ1) is 13.9. The molecule has 0 atom stereocenters. The van der Waals surface area contributed by atoms with Crippen LogP contribution in [0.4, 0.5) is 0 Å². The number of thiazole rings is 1. The van der Waals surface area contributed by atoms with E-state index < -0.39 is 0 Å². The molecule has 90 valence electrons. The Morgan fingerprint density at radius 3 is 2.50 bits per heavy atom. The van der Waals surface area contributed by atoms with E-state index in [4.69, 9.17) is 18.0 Å². The molecule has 1 aromatic heterocycles. The van der Waals surface area contributed by atoms with Crippen LogP contribution < -0.4 is 5.73 Å². The summed E-state index contributed by atoms with van der Waals surface area (Å²) >= 11 is 8.59. The number of nitrogens with two attached hydrogens (primary N) is 1. The van der Waals surface area contributed by atoms with E-state index in [1.165, 1.54) is 0 Å². The molecule has 0 radical (unpaired) electrons. The van der Waals surface area contributed by atoms with Crippen LogP contribution >= 0.6 is 35.3 Å². The third kappa shape index (κ3) is 3.43. The Morgan fingerprint density at radius 2 is 2.12 bits per heavy atom. The molecule has 0 aliphatic rings. The molecule has 0 fully saturated rings. The van der Waals surface area contributed by atoms with E-state index in [1.54, 1.807) is 11.3 Å². The van der Waals surface area contributed by atoms with Crippen LogP contribution in [0.1, 0.15) is 43.3 Å². The van der Waals surface area contributed by atoms with Crippen LogP contribution in [0, 0.1) is 0 Å². The van der Waals surface area contributed by atoms with Crippen LogP contribution in [0.5, 0.6) is 0 Å². The Morgan fingerprint density at radius 1 is 1.50 bits per heavy atom. The van der Waals surface area contributed by atoms with Gasteiger partial charge in [-0.3, -0.25) is 0 Å². The summed E-state index contributed by atoms with van der Waals surface area (Å²) in [6.45, 7) is 8.57. The lowest BCUT2D eigenvalue weighted by atomic mass is 9.91. The molecule has 2 nitrogen and oxygen atoms in total. The highest BCUT2D eigenvalue weighted by Gasteiger charge is 2.24. The van der Waals surface area contributed by atoms with Crippen molar-refractivity contribution in [1.82, 2.24) is 4.98 Å². The van der Waals surface area contributed by atoms with E-state index in [0.717, 1.165) is 27.1 Å². The fourth-order valence-electron chi connectivity index (χ4n) is 1.29. The summed E-state index contributed by atoms with van der Waals surface area (Å²) in [6.07, 6.45) is 0. The average molecular weight is 274 g/mol. The molecule has 0 saturated heterocycles. The SMILES string of the molecule is CCSCc1nc(C(C)(C)C)c(C(N)=S)s1. The highest BCUT2D eigenvalue weighted by Crippen LogP contribution is 2.31. The van der Waals surface area contributed by atoms with Crippen molar-refractivity contribution >= 4 is 40.3 Å². The molecule has 1 heterocycles. The zero-order valence-electron chi connectivity index (χ0n) is 10.2. The van der Waals surface area contributed by atoms with Crippen molar-refractivity contribution in [3.63, 3.8) is 0 Å². The molecule has 0 spiro atoms. The number of thiocarbonyl (C=S) groups is 1. The maximum absolute atomic E-state index is 5.75. The number of thioether (sulfide) groups is 1. The largest absolute Gasteiger partial charge is 0.389 e. The lowest BCUT2D eigenvalue weighted by molar-refractivity contribution is 0.571. The monoisotopic (exact) mass is 274 g/mol. The third-order valence-electron chi connectivity index (χ3n) is 2.04. The number of aromatic nitrogens is 1. The molecule has 16 heavy (non-hydrogen) atoms. The maximum Gasteiger partial charge on any atom is 0.116 e. The van der Waals surface area contributed by atoms with Gasteiger partial charge in [-0.1, -0.05) is 39.9 Å². The third-order valence-corrected chi connectivity index (χ3v) is 4.53. The normalized spacial score (nSPS) is 11.8. The summed E-state index contributed by atoms with van der Waals surface area (Å²) < 4.78 is 0. The Balaban J connectivity index is 3.06. The van der Waals surface area contributed by atoms with Crippen LogP contribution in [0.3, 0.4) is 0 Å². The molecule has 0 amide bonds. The molecule has 0 aromatic carbocycles. The Hall–Kier alpha value is -0.130. The predicted molar refractivity (Wildman–Crippen MR) is 78.5 cm³/mol. The van der Waals surface area contributed by atoms with Gasteiger partial charge < -0.3 is 5.73 Å². The molecule has 0 aliphatic heterocycles. The fraction of sp³-hybridized carbons (Fsp3) is 0.636. The Kier molecular flexibility index (Phi) is 4.76. The second-order valence-corrected chi connectivity index (χ2v) is 7.33. The average Bonchev–Trinajstić information content (AvgIpc) is 2.58. The predicted octanol–water partition coefficient (Wildman–Crippen LogP) is 3.33. The van der Waals surface area contributed by atoms with Crippen LogP contribution in [0.25, 0.3) is 0 Å². The standard InChI is InChI=1S/C11H18N2S3/c1-5-15-6-7-13-9(11(2,3)4)8(16-7)10(12)14/h5-6H2,1-4H3,(H2,12,14). The molecule has 0 saturated carbocycles.